The van der Waals surface area contributed by atoms with E-state index < -0.39 is 23.1 Å². The van der Waals surface area contributed by atoms with Crippen molar-refractivity contribution in [3.63, 3.8) is 0 Å². The Morgan fingerprint density at radius 1 is 1.00 bits per heavy atom. The number of halogens is 2. The van der Waals surface area contributed by atoms with Crippen LogP contribution in [0.1, 0.15) is 20.8 Å². The number of anilines is 1. The van der Waals surface area contributed by atoms with E-state index in [-0.39, 0.29) is 11.6 Å². The molecule has 1 saturated heterocycles. The highest BCUT2D eigenvalue weighted by atomic mass is 19.1. The van der Waals surface area contributed by atoms with Crippen molar-refractivity contribution in [1.82, 2.24) is 20.4 Å². The zero-order chi connectivity index (χ0) is 18.7. The van der Waals surface area contributed by atoms with Crippen molar-refractivity contribution in [3.8, 4) is 0 Å². The normalized spacial score (nSPS) is 14.3. The molecule has 136 valence electrons. The van der Waals surface area contributed by atoms with E-state index in [0.717, 1.165) is 12.1 Å². The molecule has 2 aromatic rings. The maximum absolute atomic E-state index is 13.8. The van der Waals surface area contributed by atoms with Crippen LogP contribution in [0.25, 0.3) is 0 Å². The second-order valence-electron chi connectivity index (χ2n) is 5.73. The Morgan fingerprint density at radius 2 is 1.65 bits per heavy atom. The number of amides is 2. The lowest BCUT2D eigenvalue weighted by Crippen LogP contribution is -2.49. The molecule has 0 radical (unpaired) electrons. The van der Waals surface area contributed by atoms with Gasteiger partial charge in [-0.15, -0.1) is 10.2 Å². The highest BCUT2D eigenvalue weighted by Crippen LogP contribution is 2.18. The fourth-order valence-corrected chi connectivity index (χ4v) is 2.74. The monoisotopic (exact) mass is 361 g/mol. The summed E-state index contributed by atoms with van der Waals surface area (Å²) in [5.74, 6) is -2.16. The van der Waals surface area contributed by atoms with Crippen molar-refractivity contribution >= 4 is 17.6 Å². The summed E-state index contributed by atoms with van der Waals surface area (Å²) in [4.78, 5) is 27.2. The van der Waals surface area contributed by atoms with Gasteiger partial charge in [0.1, 0.15) is 17.2 Å². The molecule has 1 aliphatic rings. The van der Waals surface area contributed by atoms with Crippen LogP contribution in [0, 0.1) is 11.6 Å². The van der Waals surface area contributed by atoms with Crippen LogP contribution in [0.5, 0.6) is 0 Å². The summed E-state index contributed by atoms with van der Waals surface area (Å²) in [6.45, 7) is 1.47. The Labute approximate surface area is 148 Å². The Hall–Kier alpha value is -3.10. The molecule has 7 nitrogen and oxygen atoms in total. The van der Waals surface area contributed by atoms with Crippen LogP contribution in [0.3, 0.4) is 0 Å². The van der Waals surface area contributed by atoms with Gasteiger partial charge >= 0.3 is 0 Å². The van der Waals surface area contributed by atoms with Crippen LogP contribution < -0.4 is 10.2 Å². The van der Waals surface area contributed by atoms with Crippen LogP contribution in [0.2, 0.25) is 0 Å². The Morgan fingerprint density at radius 3 is 2.19 bits per heavy atom. The molecule has 1 aromatic carbocycles. The minimum Gasteiger partial charge on any atom is -0.354 e. The van der Waals surface area contributed by atoms with E-state index in [1.807, 2.05) is 4.90 Å². The summed E-state index contributed by atoms with van der Waals surface area (Å²) < 4.78 is 27.6. The van der Waals surface area contributed by atoms with Gasteiger partial charge < -0.3 is 15.1 Å². The maximum atomic E-state index is 13.8. The molecule has 0 saturated carbocycles. The van der Waals surface area contributed by atoms with Crippen LogP contribution in [-0.2, 0) is 0 Å². The zero-order valence-electron chi connectivity index (χ0n) is 14.1. The molecule has 26 heavy (non-hydrogen) atoms. The average molecular weight is 361 g/mol. The van der Waals surface area contributed by atoms with Gasteiger partial charge in [-0.25, -0.2) is 8.78 Å². The molecule has 0 unspecified atom stereocenters. The van der Waals surface area contributed by atoms with Crippen molar-refractivity contribution in [2.75, 3.05) is 38.1 Å². The van der Waals surface area contributed by atoms with Gasteiger partial charge in [0.25, 0.3) is 11.8 Å². The zero-order valence-corrected chi connectivity index (χ0v) is 14.1. The lowest BCUT2D eigenvalue weighted by molar-refractivity contribution is 0.0736. The number of benzene rings is 1. The Balaban J connectivity index is 1.66. The minimum absolute atomic E-state index is 0.208. The fourth-order valence-electron chi connectivity index (χ4n) is 2.74. The van der Waals surface area contributed by atoms with Gasteiger partial charge in [-0.3, -0.25) is 9.59 Å². The topological polar surface area (TPSA) is 78.4 Å². The number of rotatable bonds is 3. The van der Waals surface area contributed by atoms with E-state index in [1.54, 1.807) is 12.1 Å². The Kier molecular flexibility index (Phi) is 5.06. The third kappa shape index (κ3) is 3.46. The molecular formula is C17H17F2N5O2. The first-order valence-electron chi connectivity index (χ1n) is 8.05. The number of hydrogen-bond acceptors (Lipinski definition) is 5. The quantitative estimate of drug-likeness (QED) is 0.885. The van der Waals surface area contributed by atoms with E-state index in [0.29, 0.717) is 32.0 Å². The lowest BCUT2D eigenvalue weighted by Gasteiger charge is -2.35. The molecule has 1 aliphatic heterocycles. The molecule has 1 aromatic heterocycles. The second kappa shape index (κ2) is 7.42. The molecule has 0 spiro atoms. The number of nitrogens with zero attached hydrogens (tertiary/aromatic N) is 4. The third-order valence-electron chi connectivity index (χ3n) is 4.18. The fraction of sp³-hybridized carbons (Fsp3) is 0.294. The lowest BCUT2D eigenvalue weighted by atomic mass is 10.1. The van der Waals surface area contributed by atoms with Gasteiger partial charge in [-0.2, -0.15) is 0 Å². The summed E-state index contributed by atoms with van der Waals surface area (Å²) in [6, 6.07) is 6.59. The van der Waals surface area contributed by atoms with Crippen molar-refractivity contribution < 1.29 is 18.4 Å². The molecular weight excluding hydrogens is 344 g/mol. The number of aromatic nitrogens is 2. The van der Waals surface area contributed by atoms with E-state index in [4.69, 9.17) is 0 Å². The standard InChI is InChI=1S/C17H17F2N5O2/c1-20-16(25)13-5-6-14(22-21-13)23-7-9-24(10-8-23)17(26)15-11(18)3-2-4-12(15)19/h2-6H,7-10H2,1H3,(H,20,25). The molecule has 1 N–H and O–H groups in total. The molecule has 1 fully saturated rings. The van der Waals surface area contributed by atoms with E-state index >= 15 is 0 Å². The first kappa shape index (κ1) is 17.7. The van der Waals surface area contributed by atoms with Gasteiger partial charge in [0.15, 0.2) is 11.5 Å². The van der Waals surface area contributed by atoms with Crippen molar-refractivity contribution in [2.24, 2.45) is 0 Å². The van der Waals surface area contributed by atoms with Crippen LogP contribution >= 0.6 is 0 Å². The number of hydrogen-bond donors (Lipinski definition) is 1. The van der Waals surface area contributed by atoms with Crippen LogP contribution in [0.15, 0.2) is 30.3 Å². The average Bonchev–Trinajstić information content (AvgIpc) is 2.67. The highest BCUT2D eigenvalue weighted by molar-refractivity contribution is 5.95. The SMILES string of the molecule is CNC(=O)c1ccc(N2CCN(C(=O)c3c(F)cccc3F)CC2)nn1. The molecule has 9 heteroatoms. The van der Waals surface area contributed by atoms with Gasteiger partial charge in [-0.05, 0) is 24.3 Å². The predicted octanol–water partition coefficient (Wildman–Crippen LogP) is 1.08. The number of nitrogens with one attached hydrogen (secondary N) is 1. The van der Waals surface area contributed by atoms with Crippen LogP contribution in [0.4, 0.5) is 14.6 Å². The van der Waals surface area contributed by atoms with Gasteiger partial charge in [-0.1, -0.05) is 6.07 Å². The maximum Gasteiger partial charge on any atom is 0.271 e. The summed E-state index contributed by atoms with van der Waals surface area (Å²) in [5, 5.41) is 10.3. The minimum atomic E-state index is -0.868. The van der Waals surface area contributed by atoms with Gasteiger partial charge in [0.2, 0.25) is 0 Å². The molecule has 0 aliphatic carbocycles. The third-order valence-corrected chi connectivity index (χ3v) is 4.18. The highest BCUT2D eigenvalue weighted by Gasteiger charge is 2.27. The number of carbonyl (C=O) groups excluding carboxylic acids is 2. The predicted molar refractivity (Wildman–Crippen MR) is 89.9 cm³/mol. The molecule has 0 atom stereocenters. The van der Waals surface area contributed by atoms with E-state index in [1.165, 1.54) is 18.0 Å². The molecule has 2 heterocycles. The summed E-state index contributed by atoms with van der Waals surface area (Å²) in [5.41, 5.74) is -0.323. The van der Waals surface area contributed by atoms with Gasteiger partial charge in [0.05, 0.1) is 0 Å². The van der Waals surface area contributed by atoms with Crippen molar-refractivity contribution in [3.05, 3.63) is 53.2 Å². The molecule has 0 bridgehead atoms. The van der Waals surface area contributed by atoms with E-state index in [2.05, 4.69) is 15.5 Å². The Bertz CT molecular complexity index is 800. The second-order valence-corrected chi connectivity index (χ2v) is 5.73. The van der Waals surface area contributed by atoms with Gasteiger partial charge in [0, 0.05) is 33.2 Å². The largest absolute Gasteiger partial charge is 0.354 e. The first-order valence-corrected chi connectivity index (χ1v) is 8.05. The summed E-state index contributed by atoms with van der Waals surface area (Å²) >= 11 is 0. The smallest absolute Gasteiger partial charge is 0.271 e. The first-order chi connectivity index (χ1) is 12.5. The summed E-state index contributed by atoms with van der Waals surface area (Å²) in [7, 11) is 1.51. The van der Waals surface area contributed by atoms with Crippen LogP contribution in [-0.4, -0.2) is 60.1 Å². The molecule has 2 amide bonds. The van der Waals surface area contributed by atoms with E-state index in [9.17, 15) is 18.4 Å². The summed E-state index contributed by atoms with van der Waals surface area (Å²) in [6.07, 6.45) is 0. The number of carbonyl (C=O) groups is 2. The van der Waals surface area contributed by atoms with Crippen molar-refractivity contribution in [2.45, 2.75) is 0 Å². The van der Waals surface area contributed by atoms with Crippen molar-refractivity contribution in [1.29, 1.82) is 0 Å². The number of piperazine rings is 1. The molecule has 3 rings (SSSR count).